The third kappa shape index (κ3) is 3.88. The smallest absolute Gasteiger partial charge is 0.270 e. The summed E-state index contributed by atoms with van der Waals surface area (Å²) in [4.78, 5) is 19.2. The molecule has 0 spiro atoms. The zero-order chi connectivity index (χ0) is 19.6. The van der Waals surface area contributed by atoms with E-state index in [0.29, 0.717) is 18.5 Å². The number of carbonyl (C=O) groups is 1. The Morgan fingerprint density at radius 1 is 1.41 bits per heavy atom. The lowest BCUT2D eigenvalue weighted by molar-refractivity contribution is -0.132. The first-order chi connectivity index (χ1) is 12.8. The zero-order valence-corrected chi connectivity index (χ0v) is 14.9. The monoisotopic (exact) mass is 378 g/mol. The van der Waals surface area contributed by atoms with Crippen LogP contribution in [0, 0.1) is 5.82 Å². The minimum atomic E-state index is -1.62. The number of allylic oxidation sites excluding steroid dienone is 1. The van der Waals surface area contributed by atoms with Crippen LogP contribution in [0.15, 0.2) is 40.9 Å². The second-order valence-electron chi connectivity index (χ2n) is 6.87. The van der Waals surface area contributed by atoms with Crippen LogP contribution in [-0.2, 0) is 11.3 Å². The first-order valence-corrected chi connectivity index (χ1v) is 8.68. The summed E-state index contributed by atoms with van der Waals surface area (Å²) in [5.41, 5.74) is -0.925. The maximum atomic E-state index is 13.1. The molecule has 2 aliphatic heterocycles. The van der Waals surface area contributed by atoms with Gasteiger partial charge in [-0.2, -0.15) is 0 Å². The molecule has 2 aliphatic rings. The average Bonchev–Trinajstić information content (AvgIpc) is 2.65. The van der Waals surface area contributed by atoms with Gasteiger partial charge in [-0.25, -0.2) is 9.38 Å². The van der Waals surface area contributed by atoms with Crippen molar-refractivity contribution in [3.63, 3.8) is 0 Å². The molecule has 2 heterocycles. The highest BCUT2D eigenvalue weighted by atomic mass is 19.1. The number of likely N-dealkylation sites (tertiary alicyclic amines) is 1. The second-order valence-corrected chi connectivity index (χ2v) is 6.87. The van der Waals surface area contributed by atoms with Gasteiger partial charge in [-0.15, -0.1) is 0 Å². The summed E-state index contributed by atoms with van der Waals surface area (Å²) in [5, 5.41) is 35.0. The van der Waals surface area contributed by atoms with E-state index in [1.807, 2.05) is 4.90 Å². The zero-order valence-electron chi connectivity index (χ0n) is 14.9. The molecule has 27 heavy (non-hydrogen) atoms. The first-order valence-electron chi connectivity index (χ1n) is 8.68. The highest BCUT2D eigenvalue weighted by Crippen LogP contribution is 2.30. The van der Waals surface area contributed by atoms with Gasteiger partial charge >= 0.3 is 0 Å². The van der Waals surface area contributed by atoms with Crippen molar-refractivity contribution >= 4 is 12.1 Å². The molecule has 0 radical (unpaired) electrons. The third-order valence-electron chi connectivity index (χ3n) is 4.98. The van der Waals surface area contributed by atoms with E-state index in [9.17, 15) is 24.5 Å². The molecule has 0 bridgehead atoms. The van der Waals surface area contributed by atoms with Crippen molar-refractivity contribution in [2.75, 3.05) is 13.6 Å². The highest BCUT2D eigenvalue weighted by Gasteiger charge is 2.51. The van der Waals surface area contributed by atoms with Gasteiger partial charge in [-0.3, -0.25) is 9.69 Å². The molecule has 1 saturated heterocycles. The molecule has 1 amide bonds. The van der Waals surface area contributed by atoms with Crippen molar-refractivity contribution in [3.8, 4) is 0 Å². The van der Waals surface area contributed by atoms with Gasteiger partial charge < -0.3 is 26.0 Å². The second kappa shape index (κ2) is 7.53. The summed E-state index contributed by atoms with van der Waals surface area (Å²) in [6.07, 6.45) is 1.25. The van der Waals surface area contributed by atoms with E-state index in [4.69, 9.17) is 0 Å². The number of benzene rings is 1. The fourth-order valence-corrected chi connectivity index (χ4v) is 3.41. The van der Waals surface area contributed by atoms with Gasteiger partial charge in [0.1, 0.15) is 5.82 Å². The summed E-state index contributed by atoms with van der Waals surface area (Å²) in [7, 11) is 1.80. The van der Waals surface area contributed by atoms with Crippen molar-refractivity contribution in [1.82, 2.24) is 15.5 Å². The van der Waals surface area contributed by atoms with Crippen molar-refractivity contribution in [2.45, 2.75) is 37.2 Å². The number of nitrogens with zero attached hydrogens (tertiary/aromatic N) is 2. The molecule has 146 valence electrons. The van der Waals surface area contributed by atoms with Crippen molar-refractivity contribution < 1.29 is 24.5 Å². The van der Waals surface area contributed by atoms with Crippen molar-refractivity contribution in [1.29, 1.82) is 0 Å². The fourth-order valence-electron chi connectivity index (χ4n) is 3.41. The molecular weight excluding hydrogens is 355 g/mol. The van der Waals surface area contributed by atoms with Crippen LogP contribution < -0.4 is 10.6 Å². The number of carbonyl (C=O) groups excluding carboxylic acids is 1. The Morgan fingerprint density at radius 3 is 2.78 bits per heavy atom. The van der Waals surface area contributed by atoms with Gasteiger partial charge in [-0.1, -0.05) is 12.1 Å². The molecule has 3 rings (SSSR count). The average molecular weight is 378 g/mol. The Labute approximate surface area is 156 Å². The Hall–Kier alpha value is -2.65. The molecule has 8 nitrogen and oxygen atoms in total. The normalized spacial score (nSPS) is 28.7. The van der Waals surface area contributed by atoms with Gasteiger partial charge in [-0.05, 0) is 37.6 Å². The van der Waals surface area contributed by atoms with E-state index in [1.165, 1.54) is 12.1 Å². The fraction of sp³-hybridized carbons (Fsp3) is 0.444. The molecule has 3 atom stereocenters. The molecule has 1 unspecified atom stereocenters. The minimum absolute atomic E-state index is 0.132. The molecule has 5 N–H and O–H groups in total. The molecule has 9 heteroatoms. The van der Waals surface area contributed by atoms with E-state index < -0.39 is 35.4 Å². The van der Waals surface area contributed by atoms with E-state index in [1.54, 1.807) is 19.2 Å². The van der Waals surface area contributed by atoms with E-state index in [2.05, 4.69) is 15.6 Å². The maximum Gasteiger partial charge on any atom is 0.270 e. The number of hydrogen-bond acceptors (Lipinski definition) is 7. The third-order valence-corrected chi connectivity index (χ3v) is 4.98. The lowest BCUT2D eigenvalue weighted by Crippen LogP contribution is -2.69. The van der Waals surface area contributed by atoms with Gasteiger partial charge in [0.15, 0.2) is 5.76 Å². The lowest BCUT2D eigenvalue weighted by atomic mass is 9.87. The Balaban J connectivity index is 1.84. The molecule has 0 aromatic heterocycles. The van der Waals surface area contributed by atoms with Crippen LogP contribution in [0.3, 0.4) is 0 Å². The number of aliphatic imine (C=N–C) groups is 1. The van der Waals surface area contributed by atoms with Crippen molar-refractivity contribution in [3.05, 3.63) is 47.3 Å². The largest absolute Gasteiger partial charge is 0.502 e. The van der Waals surface area contributed by atoms with Gasteiger partial charge in [0, 0.05) is 13.1 Å². The maximum absolute atomic E-state index is 13.1. The number of aliphatic hydroxyl groups excluding tert-OH is 3. The Morgan fingerprint density at radius 2 is 2.11 bits per heavy atom. The number of rotatable bonds is 4. The summed E-state index contributed by atoms with van der Waals surface area (Å²) in [6, 6.07) is 5.15. The Bertz CT molecular complexity index is 767. The lowest BCUT2D eigenvalue weighted by Gasteiger charge is -2.45. The van der Waals surface area contributed by atoms with Gasteiger partial charge in [0.25, 0.3) is 5.91 Å². The summed E-state index contributed by atoms with van der Waals surface area (Å²) < 4.78 is 13.0. The Kier molecular flexibility index (Phi) is 5.33. The number of amides is 1. The number of piperidine rings is 1. The SMILES string of the molecule is CN1CC[C@@H](O)C[C@H]1C1(C(=O)NCc2ccc(F)cc2)N=CC(O)=C(O)N1. The molecule has 1 aromatic rings. The molecule has 0 saturated carbocycles. The molecule has 1 aromatic carbocycles. The summed E-state index contributed by atoms with van der Waals surface area (Å²) >= 11 is 0. The highest BCUT2D eigenvalue weighted by molar-refractivity contribution is 5.91. The standard InChI is InChI=1S/C18H23FN4O4/c1-23-7-6-13(24)8-15(23)18(21-10-14(25)16(26)22-18)17(27)20-9-11-2-4-12(19)5-3-11/h2-5,10,13,15,22,24-26H,6-9H2,1H3,(H,20,27)/t13-,15+,18?/m1/s1. The van der Waals surface area contributed by atoms with Crippen LogP contribution in [0.5, 0.6) is 0 Å². The van der Waals surface area contributed by atoms with Gasteiger partial charge in [0.05, 0.1) is 18.4 Å². The van der Waals surface area contributed by atoms with Crippen molar-refractivity contribution in [2.24, 2.45) is 4.99 Å². The predicted molar refractivity (Wildman–Crippen MR) is 96.5 cm³/mol. The number of aliphatic hydroxyl groups is 3. The molecular formula is C18H23FN4O4. The van der Waals surface area contributed by atoms with E-state index >= 15 is 0 Å². The molecule has 0 aliphatic carbocycles. The first kappa shape index (κ1) is 19.1. The van der Waals surface area contributed by atoms with Crippen LogP contribution in [0.1, 0.15) is 18.4 Å². The number of nitrogens with one attached hydrogen (secondary N) is 2. The predicted octanol–water partition coefficient (Wildman–Crippen LogP) is 0.552. The van der Waals surface area contributed by atoms with Crippen LogP contribution in [-0.4, -0.2) is 63.7 Å². The van der Waals surface area contributed by atoms with Crippen LogP contribution in [0.25, 0.3) is 0 Å². The van der Waals surface area contributed by atoms with Crippen LogP contribution >= 0.6 is 0 Å². The quantitative estimate of drug-likeness (QED) is 0.522. The molecule has 1 fully saturated rings. The van der Waals surface area contributed by atoms with Gasteiger partial charge in [0.2, 0.25) is 11.5 Å². The van der Waals surface area contributed by atoms with E-state index in [0.717, 1.165) is 6.21 Å². The number of likely N-dealkylation sites (N-methyl/N-ethyl adjacent to an activating group) is 1. The topological polar surface area (TPSA) is 117 Å². The van der Waals surface area contributed by atoms with E-state index in [-0.39, 0.29) is 18.8 Å². The summed E-state index contributed by atoms with van der Waals surface area (Å²) in [6.45, 7) is 0.681. The number of hydrogen-bond donors (Lipinski definition) is 5. The van der Waals surface area contributed by atoms with Crippen LogP contribution in [0.2, 0.25) is 0 Å². The minimum Gasteiger partial charge on any atom is -0.502 e. The number of halogens is 1. The summed E-state index contributed by atoms with van der Waals surface area (Å²) in [5.74, 6) is -1.94. The van der Waals surface area contributed by atoms with Crippen LogP contribution in [0.4, 0.5) is 4.39 Å².